The predicted molar refractivity (Wildman–Crippen MR) is 114 cm³/mol. The van der Waals surface area contributed by atoms with Crippen LogP contribution in [0.2, 0.25) is 0 Å². The van der Waals surface area contributed by atoms with Gasteiger partial charge in [-0.15, -0.1) is 0 Å². The highest BCUT2D eigenvalue weighted by Gasteiger charge is 2.33. The van der Waals surface area contributed by atoms with Crippen LogP contribution in [0.4, 0.5) is 30.6 Å². The Bertz CT molecular complexity index is 1030. The molecule has 1 aromatic carbocycles. The second-order valence-electron chi connectivity index (χ2n) is 7.48. The summed E-state index contributed by atoms with van der Waals surface area (Å²) in [4.78, 5) is 13.0. The molecule has 3 N–H and O–H groups in total. The van der Waals surface area contributed by atoms with Gasteiger partial charge in [-0.2, -0.15) is 18.2 Å². The number of nitrogens with one attached hydrogen (secondary N) is 2. The number of aliphatic hydroxyl groups is 1. The molecule has 0 aliphatic carbocycles. The van der Waals surface area contributed by atoms with Gasteiger partial charge >= 0.3 is 6.18 Å². The Balaban J connectivity index is 2.03. The third kappa shape index (κ3) is 5.49. The van der Waals surface area contributed by atoms with Crippen LogP contribution in [0.15, 0.2) is 48.8 Å². The summed E-state index contributed by atoms with van der Waals surface area (Å²) in [5.74, 6) is 0.679. The first kappa shape index (κ1) is 22.5. The number of alkyl halides is 3. The molecule has 164 valence electrons. The molecule has 0 bridgehead atoms. The standard InChI is InChI=1S/C22H24F3N5O/c1-13(2)19(12-31)29-21-28-18(15-6-5-9-26-11-15)10-20(30-21)27-17-8-4-7-16(14(17)3)22(23,24)25/h4-11,13,19,31H,12H2,1-3H3,(H2,27,28,29,30)/t19-/m1/s1. The molecule has 0 amide bonds. The van der Waals surface area contributed by atoms with Gasteiger partial charge in [0.05, 0.1) is 23.9 Å². The van der Waals surface area contributed by atoms with Crippen molar-refractivity contribution in [3.63, 3.8) is 0 Å². The monoisotopic (exact) mass is 431 g/mol. The minimum Gasteiger partial charge on any atom is -0.394 e. The van der Waals surface area contributed by atoms with Crippen molar-refractivity contribution in [3.05, 3.63) is 59.9 Å². The van der Waals surface area contributed by atoms with Gasteiger partial charge in [0.15, 0.2) is 0 Å². The van der Waals surface area contributed by atoms with Gasteiger partial charge in [-0.1, -0.05) is 19.9 Å². The highest BCUT2D eigenvalue weighted by molar-refractivity contribution is 5.68. The molecule has 0 aliphatic rings. The molecule has 6 nitrogen and oxygen atoms in total. The summed E-state index contributed by atoms with van der Waals surface area (Å²) in [6.07, 6.45) is -1.18. The van der Waals surface area contributed by atoms with E-state index in [2.05, 4.69) is 25.6 Å². The second-order valence-corrected chi connectivity index (χ2v) is 7.48. The maximum atomic E-state index is 13.3. The van der Waals surface area contributed by atoms with Crippen molar-refractivity contribution in [3.8, 4) is 11.3 Å². The van der Waals surface area contributed by atoms with Crippen molar-refractivity contribution < 1.29 is 18.3 Å². The van der Waals surface area contributed by atoms with Crippen LogP contribution in [0.1, 0.15) is 25.0 Å². The van der Waals surface area contributed by atoms with Crippen molar-refractivity contribution >= 4 is 17.5 Å². The van der Waals surface area contributed by atoms with Gasteiger partial charge in [-0.05, 0) is 42.7 Å². The molecule has 2 aromatic heterocycles. The number of benzene rings is 1. The molecule has 0 aliphatic heterocycles. The third-order valence-electron chi connectivity index (χ3n) is 4.90. The van der Waals surface area contributed by atoms with Crippen LogP contribution in [-0.2, 0) is 6.18 Å². The summed E-state index contributed by atoms with van der Waals surface area (Å²) in [5.41, 5.74) is 0.915. The van der Waals surface area contributed by atoms with Crippen molar-refractivity contribution in [1.82, 2.24) is 15.0 Å². The zero-order valence-corrected chi connectivity index (χ0v) is 17.4. The second kappa shape index (κ2) is 9.30. The number of nitrogens with zero attached hydrogens (tertiary/aromatic N) is 3. The summed E-state index contributed by atoms with van der Waals surface area (Å²) in [5, 5.41) is 15.7. The molecule has 0 spiro atoms. The van der Waals surface area contributed by atoms with E-state index < -0.39 is 11.7 Å². The van der Waals surface area contributed by atoms with Crippen LogP contribution in [0.5, 0.6) is 0 Å². The summed E-state index contributed by atoms with van der Waals surface area (Å²) >= 11 is 0. The van der Waals surface area contributed by atoms with Gasteiger partial charge in [0.25, 0.3) is 0 Å². The largest absolute Gasteiger partial charge is 0.416 e. The Hall–Kier alpha value is -3.20. The van der Waals surface area contributed by atoms with Crippen LogP contribution >= 0.6 is 0 Å². The Morgan fingerprint density at radius 3 is 2.48 bits per heavy atom. The molecule has 0 radical (unpaired) electrons. The van der Waals surface area contributed by atoms with E-state index >= 15 is 0 Å². The maximum absolute atomic E-state index is 13.3. The summed E-state index contributed by atoms with van der Waals surface area (Å²) < 4.78 is 39.8. The number of aliphatic hydroxyl groups excluding tert-OH is 1. The molecule has 0 saturated heterocycles. The van der Waals surface area contributed by atoms with Crippen molar-refractivity contribution in [2.45, 2.75) is 33.0 Å². The van der Waals surface area contributed by atoms with Gasteiger partial charge in [-0.3, -0.25) is 4.98 Å². The first-order chi connectivity index (χ1) is 14.7. The maximum Gasteiger partial charge on any atom is 0.416 e. The van der Waals surface area contributed by atoms with E-state index in [-0.39, 0.29) is 30.1 Å². The van der Waals surface area contributed by atoms with Crippen LogP contribution in [0, 0.1) is 12.8 Å². The van der Waals surface area contributed by atoms with Gasteiger partial charge in [0, 0.05) is 29.7 Å². The van der Waals surface area contributed by atoms with Crippen LogP contribution in [0.25, 0.3) is 11.3 Å². The summed E-state index contributed by atoms with van der Waals surface area (Å²) in [7, 11) is 0. The molecule has 0 saturated carbocycles. The molecule has 1 atom stereocenters. The van der Waals surface area contributed by atoms with Gasteiger partial charge < -0.3 is 15.7 Å². The lowest BCUT2D eigenvalue weighted by Crippen LogP contribution is -2.30. The highest BCUT2D eigenvalue weighted by Crippen LogP contribution is 2.35. The average Bonchev–Trinajstić information content (AvgIpc) is 2.73. The van der Waals surface area contributed by atoms with E-state index in [1.807, 2.05) is 19.9 Å². The molecule has 0 unspecified atom stereocenters. The summed E-state index contributed by atoms with van der Waals surface area (Å²) in [6, 6.07) is 8.90. The molecule has 3 rings (SSSR count). The molecule has 31 heavy (non-hydrogen) atoms. The zero-order chi connectivity index (χ0) is 22.6. The van der Waals surface area contributed by atoms with Gasteiger partial charge in [0.2, 0.25) is 5.95 Å². The SMILES string of the molecule is Cc1c(Nc2cc(-c3cccnc3)nc(N[C@H](CO)C(C)C)n2)cccc1C(F)(F)F. The number of anilines is 3. The fourth-order valence-corrected chi connectivity index (χ4v) is 3.04. The number of hydrogen-bond acceptors (Lipinski definition) is 6. The Morgan fingerprint density at radius 2 is 1.87 bits per heavy atom. The average molecular weight is 431 g/mol. The zero-order valence-electron chi connectivity index (χ0n) is 17.4. The first-order valence-corrected chi connectivity index (χ1v) is 9.79. The normalized spacial score (nSPS) is 12.6. The van der Waals surface area contributed by atoms with E-state index in [0.29, 0.717) is 17.2 Å². The predicted octanol–water partition coefficient (Wildman–Crippen LogP) is 5.04. The van der Waals surface area contributed by atoms with Crippen LogP contribution in [-0.4, -0.2) is 32.7 Å². The Morgan fingerprint density at radius 1 is 1.10 bits per heavy atom. The number of halogens is 3. The number of hydrogen-bond donors (Lipinski definition) is 3. The fraction of sp³-hybridized carbons (Fsp3) is 0.318. The Kier molecular flexibility index (Phi) is 6.74. The lowest BCUT2D eigenvalue weighted by Gasteiger charge is -2.21. The number of aromatic nitrogens is 3. The van der Waals surface area contributed by atoms with E-state index in [4.69, 9.17) is 0 Å². The van der Waals surface area contributed by atoms with Crippen molar-refractivity contribution in [2.75, 3.05) is 17.2 Å². The highest BCUT2D eigenvalue weighted by atomic mass is 19.4. The molecule has 0 fully saturated rings. The topological polar surface area (TPSA) is 83.0 Å². The lowest BCUT2D eigenvalue weighted by atomic mass is 10.1. The molecule has 9 heteroatoms. The summed E-state index contributed by atoms with van der Waals surface area (Å²) in [6.45, 7) is 5.19. The quantitative estimate of drug-likeness (QED) is 0.486. The number of rotatable bonds is 7. The van der Waals surface area contributed by atoms with E-state index in [1.54, 1.807) is 30.6 Å². The smallest absolute Gasteiger partial charge is 0.394 e. The first-order valence-electron chi connectivity index (χ1n) is 9.79. The van der Waals surface area contributed by atoms with Crippen molar-refractivity contribution in [2.24, 2.45) is 5.92 Å². The van der Waals surface area contributed by atoms with E-state index in [9.17, 15) is 18.3 Å². The van der Waals surface area contributed by atoms with E-state index in [1.165, 1.54) is 13.0 Å². The van der Waals surface area contributed by atoms with Crippen LogP contribution in [0.3, 0.4) is 0 Å². The van der Waals surface area contributed by atoms with Crippen LogP contribution < -0.4 is 10.6 Å². The lowest BCUT2D eigenvalue weighted by molar-refractivity contribution is -0.138. The molecule has 3 aromatic rings. The molecule has 2 heterocycles. The minimum absolute atomic E-state index is 0.0708. The molecular formula is C22H24F3N5O. The van der Waals surface area contributed by atoms with Gasteiger partial charge in [0.1, 0.15) is 5.82 Å². The van der Waals surface area contributed by atoms with Gasteiger partial charge in [-0.25, -0.2) is 4.98 Å². The minimum atomic E-state index is -4.45. The molecular weight excluding hydrogens is 407 g/mol. The number of pyridine rings is 1. The fourth-order valence-electron chi connectivity index (χ4n) is 3.04. The van der Waals surface area contributed by atoms with Crippen molar-refractivity contribution in [1.29, 1.82) is 0 Å². The third-order valence-corrected chi connectivity index (χ3v) is 4.90. The Labute approximate surface area is 178 Å². The van der Waals surface area contributed by atoms with E-state index in [0.717, 1.165) is 11.6 Å².